The molecule has 0 radical (unpaired) electrons. The van der Waals surface area contributed by atoms with Crippen LogP contribution in [0.25, 0.3) is 0 Å². The van der Waals surface area contributed by atoms with Gasteiger partial charge in [-0.15, -0.1) is 0 Å². The second-order valence-electron chi connectivity index (χ2n) is 6.27. The van der Waals surface area contributed by atoms with Crippen molar-refractivity contribution in [2.75, 3.05) is 19.7 Å². The van der Waals surface area contributed by atoms with Gasteiger partial charge in [0.1, 0.15) is 0 Å². The van der Waals surface area contributed by atoms with Crippen molar-refractivity contribution >= 4 is 5.91 Å². The lowest BCUT2D eigenvalue weighted by molar-refractivity contribution is -0.138. The number of hydrogen-bond acceptors (Lipinski definition) is 2. The summed E-state index contributed by atoms with van der Waals surface area (Å²) in [6.45, 7) is 5.05. The smallest absolute Gasteiger partial charge is 0.225 e. The fourth-order valence-electron chi connectivity index (χ4n) is 3.44. The first-order valence-electron chi connectivity index (χ1n) is 7.11. The van der Waals surface area contributed by atoms with Gasteiger partial charge in [0.25, 0.3) is 0 Å². The largest absolute Gasteiger partial charge is 0.369 e. The molecule has 2 atom stereocenters. The minimum Gasteiger partial charge on any atom is -0.369 e. The number of likely N-dealkylation sites (tertiary alicyclic amines) is 1. The van der Waals surface area contributed by atoms with E-state index >= 15 is 0 Å². The van der Waals surface area contributed by atoms with Gasteiger partial charge in [0, 0.05) is 19.0 Å². The number of ether oxygens (including phenoxy) is 1. The van der Waals surface area contributed by atoms with E-state index in [0.29, 0.717) is 11.8 Å². The number of rotatable bonds is 1. The predicted octanol–water partition coefficient (Wildman–Crippen LogP) is 2.20. The molecule has 96 valence electrons. The molecule has 0 aromatic carbocycles. The highest BCUT2D eigenvalue weighted by molar-refractivity contribution is 5.79. The van der Waals surface area contributed by atoms with Crippen LogP contribution >= 0.6 is 0 Å². The van der Waals surface area contributed by atoms with Crippen molar-refractivity contribution in [3.8, 4) is 0 Å². The molecule has 17 heavy (non-hydrogen) atoms. The lowest BCUT2D eigenvalue weighted by atomic mass is 9.81. The van der Waals surface area contributed by atoms with Crippen LogP contribution in [0.2, 0.25) is 0 Å². The lowest BCUT2D eigenvalue weighted by Gasteiger charge is -2.35. The van der Waals surface area contributed by atoms with Crippen LogP contribution < -0.4 is 0 Å². The van der Waals surface area contributed by atoms with Crippen molar-refractivity contribution in [2.24, 2.45) is 11.8 Å². The van der Waals surface area contributed by atoms with Gasteiger partial charge >= 0.3 is 0 Å². The van der Waals surface area contributed by atoms with E-state index < -0.39 is 0 Å². The summed E-state index contributed by atoms with van der Waals surface area (Å²) in [7, 11) is 0. The molecule has 2 heterocycles. The molecule has 3 aliphatic rings. The summed E-state index contributed by atoms with van der Waals surface area (Å²) in [5, 5.41) is 0. The highest BCUT2D eigenvalue weighted by atomic mass is 16.6. The van der Waals surface area contributed by atoms with Gasteiger partial charge in [-0.3, -0.25) is 4.79 Å². The zero-order valence-corrected chi connectivity index (χ0v) is 10.8. The highest BCUT2D eigenvalue weighted by Gasteiger charge is 2.47. The maximum Gasteiger partial charge on any atom is 0.225 e. The van der Waals surface area contributed by atoms with Crippen molar-refractivity contribution in [1.82, 2.24) is 4.90 Å². The summed E-state index contributed by atoms with van der Waals surface area (Å²) in [6.07, 6.45) is 6.87. The number of carbonyl (C=O) groups is 1. The van der Waals surface area contributed by atoms with Crippen molar-refractivity contribution in [1.29, 1.82) is 0 Å². The number of piperidine rings is 1. The van der Waals surface area contributed by atoms with E-state index in [-0.39, 0.29) is 5.60 Å². The summed E-state index contributed by atoms with van der Waals surface area (Å²) in [5.74, 6) is 1.47. The molecule has 3 heteroatoms. The first kappa shape index (κ1) is 11.5. The third-order valence-electron chi connectivity index (χ3n) is 4.82. The Kier molecular flexibility index (Phi) is 2.89. The third-order valence-corrected chi connectivity index (χ3v) is 4.82. The van der Waals surface area contributed by atoms with Gasteiger partial charge in [0.05, 0.1) is 12.2 Å². The van der Waals surface area contributed by atoms with Crippen molar-refractivity contribution in [2.45, 2.75) is 51.0 Å². The fourth-order valence-corrected chi connectivity index (χ4v) is 3.44. The quantitative estimate of drug-likeness (QED) is 0.655. The third kappa shape index (κ3) is 2.35. The van der Waals surface area contributed by atoms with E-state index in [1.165, 1.54) is 12.8 Å². The molecule has 3 rings (SSSR count). The van der Waals surface area contributed by atoms with Crippen LogP contribution in [0.3, 0.4) is 0 Å². The van der Waals surface area contributed by atoms with E-state index in [4.69, 9.17) is 4.74 Å². The molecule has 2 unspecified atom stereocenters. The van der Waals surface area contributed by atoms with Crippen molar-refractivity contribution < 1.29 is 9.53 Å². The molecule has 0 aromatic heterocycles. The standard InChI is InChI=1S/C14H23NO2/c1-11-3-2-4-12(9-11)13(16)15-7-5-14(6-8-15)10-17-14/h11-12H,2-10H2,1H3. The first-order chi connectivity index (χ1) is 8.19. The molecule has 2 aliphatic heterocycles. The Balaban J connectivity index is 1.55. The summed E-state index contributed by atoms with van der Waals surface area (Å²) >= 11 is 0. The molecule has 1 aliphatic carbocycles. The van der Waals surface area contributed by atoms with Gasteiger partial charge in [0.2, 0.25) is 5.91 Å². The molecular weight excluding hydrogens is 214 g/mol. The zero-order chi connectivity index (χ0) is 11.9. The van der Waals surface area contributed by atoms with Gasteiger partial charge in [0.15, 0.2) is 0 Å². The number of carbonyl (C=O) groups excluding carboxylic acids is 1. The normalized spacial score (nSPS) is 35.9. The van der Waals surface area contributed by atoms with Gasteiger partial charge < -0.3 is 9.64 Å². The highest BCUT2D eigenvalue weighted by Crippen LogP contribution is 2.38. The maximum atomic E-state index is 12.4. The molecule has 1 amide bonds. The van der Waals surface area contributed by atoms with Crippen LogP contribution in [0.1, 0.15) is 45.4 Å². The molecule has 3 nitrogen and oxygen atoms in total. The Morgan fingerprint density at radius 2 is 2.00 bits per heavy atom. The van der Waals surface area contributed by atoms with E-state index in [1.54, 1.807) is 0 Å². The molecule has 0 N–H and O–H groups in total. The molecule has 2 saturated heterocycles. The second kappa shape index (κ2) is 4.27. The molecule has 0 aromatic rings. The Bertz CT molecular complexity index is 301. The predicted molar refractivity (Wildman–Crippen MR) is 65.6 cm³/mol. The summed E-state index contributed by atoms with van der Waals surface area (Å²) < 4.78 is 5.49. The fraction of sp³-hybridized carbons (Fsp3) is 0.929. The van der Waals surface area contributed by atoms with Gasteiger partial charge in [-0.1, -0.05) is 19.8 Å². The van der Waals surface area contributed by atoms with Crippen molar-refractivity contribution in [3.05, 3.63) is 0 Å². The Hall–Kier alpha value is -0.570. The van der Waals surface area contributed by atoms with Crippen LogP contribution in [0.15, 0.2) is 0 Å². The van der Waals surface area contributed by atoms with Crippen molar-refractivity contribution in [3.63, 3.8) is 0 Å². The van der Waals surface area contributed by atoms with Gasteiger partial charge in [-0.25, -0.2) is 0 Å². The van der Waals surface area contributed by atoms with E-state index in [1.807, 2.05) is 0 Å². The van der Waals surface area contributed by atoms with Crippen LogP contribution in [0.4, 0.5) is 0 Å². The van der Waals surface area contributed by atoms with Crippen LogP contribution in [-0.4, -0.2) is 36.1 Å². The molecule has 1 spiro atoms. The average molecular weight is 237 g/mol. The van der Waals surface area contributed by atoms with Crippen LogP contribution in [0.5, 0.6) is 0 Å². The lowest BCUT2D eigenvalue weighted by Crippen LogP contribution is -2.45. The molecule has 0 bridgehead atoms. The maximum absolute atomic E-state index is 12.4. The van der Waals surface area contributed by atoms with E-state index in [9.17, 15) is 4.79 Å². The number of nitrogens with zero attached hydrogens (tertiary/aromatic N) is 1. The summed E-state index contributed by atoms with van der Waals surface area (Å²) in [4.78, 5) is 14.5. The monoisotopic (exact) mass is 237 g/mol. The van der Waals surface area contributed by atoms with E-state index in [2.05, 4.69) is 11.8 Å². The minimum absolute atomic E-state index is 0.191. The van der Waals surface area contributed by atoms with Gasteiger partial charge in [-0.2, -0.15) is 0 Å². The summed E-state index contributed by atoms with van der Waals surface area (Å²) in [5.41, 5.74) is 0.191. The number of epoxide rings is 1. The summed E-state index contributed by atoms with van der Waals surface area (Å²) in [6, 6.07) is 0. The SMILES string of the molecule is CC1CCCC(C(=O)N2CCC3(CC2)CO3)C1. The Morgan fingerprint density at radius 3 is 2.59 bits per heavy atom. The minimum atomic E-state index is 0.191. The molecular formula is C14H23NO2. The zero-order valence-electron chi connectivity index (χ0n) is 10.8. The number of hydrogen-bond donors (Lipinski definition) is 0. The Morgan fingerprint density at radius 1 is 1.29 bits per heavy atom. The van der Waals surface area contributed by atoms with Crippen LogP contribution in [-0.2, 0) is 9.53 Å². The Labute approximate surface area is 104 Å². The first-order valence-corrected chi connectivity index (χ1v) is 7.11. The number of amides is 1. The molecule has 3 fully saturated rings. The average Bonchev–Trinajstić information content (AvgIpc) is 3.09. The topological polar surface area (TPSA) is 32.8 Å². The van der Waals surface area contributed by atoms with E-state index in [0.717, 1.165) is 51.3 Å². The molecule has 1 saturated carbocycles. The van der Waals surface area contributed by atoms with Crippen LogP contribution in [0, 0.1) is 11.8 Å². The van der Waals surface area contributed by atoms with Gasteiger partial charge in [-0.05, 0) is 31.6 Å². The second-order valence-corrected chi connectivity index (χ2v) is 6.27.